The third kappa shape index (κ3) is 6.43. The van der Waals surface area contributed by atoms with Crippen molar-refractivity contribution in [2.45, 2.75) is 43.9 Å². The predicted octanol–water partition coefficient (Wildman–Crippen LogP) is 5.05. The molecule has 3 aromatic rings. The van der Waals surface area contributed by atoms with Crippen molar-refractivity contribution in [3.05, 3.63) is 94.3 Å². The van der Waals surface area contributed by atoms with Gasteiger partial charge in [-0.05, 0) is 85.2 Å². The topological polar surface area (TPSA) is 83.6 Å². The first-order valence-electron chi connectivity index (χ1n) is 12.3. The summed E-state index contributed by atoms with van der Waals surface area (Å²) in [5.41, 5.74) is 5.37. The van der Waals surface area contributed by atoms with Gasteiger partial charge in [0.1, 0.15) is 10.7 Å². The van der Waals surface area contributed by atoms with Gasteiger partial charge in [-0.3, -0.25) is 9.59 Å². The second-order valence-electron chi connectivity index (χ2n) is 9.75. The molecule has 0 aliphatic carbocycles. The molecule has 0 bridgehead atoms. The molecule has 8 heteroatoms. The van der Waals surface area contributed by atoms with Crippen LogP contribution in [0.5, 0.6) is 0 Å². The van der Waals surface area contributed by atoms with Crippen molar-refractivity contribution < 1.29 is 22.4 Å². The lowest BCUT2D eigenvalue weighted by atomic mass is 9.89. The van der Waals surface area contributed by atoms with Crippen molar-refractivity contribution in [1.29, 1.82) is 0 Å². The van der Waals surface area contributed by atoms with Crippen LogP contribution in [0.4, 0.5) is 10.1 Å². The first kappa shape index (κ1) is 26.5. The second-order valence-corrected chi connectivity index (χ2v) is 11.7. The predicted molar refractivity (Wildman–Crippen MR) is 142 cm³/mol. The summed E-state index contributed by atoms with van der Waals surface area (Å²) in [4.78, 5) is 26.6. The smallest absolute Gasteiger partial charge is 0.253 e. The molecule has 3 aromatic carbocycles. The molecule has 4 rings (SSSR count). The van der Waals surface area contributed by atoms with Gasteiger partial charge in [-0.15, -0.1) is 0 Å². The molecule has 0 spiro atoms. The third-order valence-electron chi connectivity index (χ3n) is 6.96. The highest BCUT2D eigenvalue weighted by Gasteiger charge is 2.26. The van der Waals surface area contributed by atoms with Gasteiger partial charge in [-0.25, -0.2) is 12.8 Å². The molecule has 1 N–H and O–H groups in total. The van der Waals surface area contributed by atoms with Gasteiger partial charge in [0.15, 0.2) is 9.84 Å². The molecule has 0 atom stereocenters. The van der Waals surface area contributed by atoms with Crippen LogP contribution in [0.25, 0.3) is 0 Å². The molecule has 2 amide bonds. The summed E-state index contributed by atoms with van der Waals surface area (Å²) >= 11 is 0. The molecule has 1 aliphatic heterocycles. The molecule has 1 aliphatic rings. The zero-order chi connectivity index (χ0) is 26.7. The highest BCUT2D eigenvalue weighted by atomic mass is 32.2. The van der Waals surface area contributed by atoms with Gasteiger partial charge in [0.25, 0.3) is 5.91 Å². The number of nitrogens with zero attached hydrogens (tertiary/aromatic N) is 1. The number of halogens is 1. The number of benzene rings is 3. The largest absolute Gasteiger partial charge is 0.339 e. The van der Waals surface area contributed by atoms with E-state index in [1.54, 1.807) is 4.90 Å². The maximum Gasteiger partial charge on any atom is 0.253 e. The van der Waals surface area contributed by atoms with Crippen LogP contribution in [0.1, 0.15) is 51.4 Å². The Morgan fingerprint density at radius 3 is 2.22 bits per heavy atom. The summed E-state index contributed by atoms with van der Waals surface area (Å²) in [5, 5.41) is 2.95. The van der Waals surface area contributed by atoms with Crippen LogP contribution in [0, 0.1) is 19.7 Å². The van der Waals surface area contributed by atoms with Crippen LogP contribution in [0.3, 0.4) is 0 Å². The molecule has 37 heavy (non-hydrogen) atoms. The molecule has 0 unspecified atom stereocenters. The van der Waals surface area contributed by atoms with E-state index < -0.39 is 20.5 Å². The minimum atomic E-state index is -3.69. The maximum atomic E-state index is 14.2. The normalized spacial score (nSPS) is 14.4. The lowest BCUT2D eigenvalue weighted by Crippen LogP contribution is -2.38. The summed E-state index contributed by atoms with van der Waals surface area (Å²) in [7, 11) is -3.69. The first-order chi connectivity index (χ1) is 17.5. The fraction of sp³-hybridized carbons (Fsp3) is 0.310. The number of aryl methyl sites for hydroxylation is 2. The summed E-state index contributed by atoms with van der Waals surface area (Å²) in [6.07, 6.45) is 2.77. The number of hydrogen-bond donors (Lipinski definition) is 1. The van der Waals surface area contributed by atoms with E-state index in [2.05, 4.69) is 5.32 Å². The molecule has 1 saturated heterocycles. The fourth-order valence-electron chi connectivity index (χ4n) is 4.68. The van der Waals surface area contributed by atoms with Gasteiger partial charge in [0.05, 0.1) is 6.42 Å². The number of sulfone groups is 1. The van der Waals surface area contributed by atoms with Gasteiger partial charge >= 0.3 is 0 Å². The zero-order valence-corrected chi connectivity index (χ0v) is 22.1. The van der Waals surface area contributed by atoms with Gasteiger partial charge in [0, 0.05) is 30.6 Å². The van der Waals surface area contributed by atoms with E-state index in [4.69, 9.17) is 0 Å². The highest BCUT2D eigenvalue weighted by molar-refractivity contribution is 7.90. The Balaban J connectivity index is 1.31. The Labute approximate surface area is 217 Å². The molecular weight excluding hydrogens is 491 g/mol. The fourth-order valence-corrected chi connectivity index (χ4v) is 5.40. The Bertz CT molecular complexity index is 1430. The summed E-state index contributed by atoms with van der Waals surface area (Å²) in [5.74, 6) is -1.01. The molecule has 0 saturated carbocycles. The minimum Gasteiger partial charge on any atom is -0.339 e. The van der Waals surface area contributed by atoms with Crippen molar-refractivity contribution in [2.75, 3.05) is 24.7 Å². The molecule has 6 nitrogen and oxygen atoms in total. The van der Waals surface area contributed by atoms with Crippen LogP contribution in [-0.2, 0) is 21.1 Å². The van der Waals surface area contributed by atoms with Crippen molar-refractivity contribution in [3.8, 4) is 0 Å². The average Bonchev–Trinajstić information content (AvgIpc) is 2.85. The Hall–Kier alpha value is -3.52. The van der Waals surface area contributed by atoms with E-state index in [-0.39, 0.29) is 23.3 Å². The van der Waals surface area contributed by atoms with Gasteiger partial charge in [0.2, 0.25) is 5.91 Å². The Kier molecular flexibility index (Phi) is 7.78. The standard InChI is InChI=1S/C29H31FN2O4S/c1-19-4-5-21(16-20(19)2)17-28(33)31-25-9-6-22(7-10-25)23-12-14-32(15-13-23)29(34)24-8-11-27(26(30)18-24)37(3,35)36/h4-11,16,18,23H,12-15,17H2,1-3H3,(H,31,33). The minimum absolute atomic E-state index is 0.0659. The summed E-state index contributed by atoms with van der Waals surface area (Å²) in [6, 6.07) is 17.4. The summed E-state index contributed by atoms with van der Waals surface area (Å²) < 4.78 is 37.5. The van der Waals surface area contributed by atoms with Crippen LogP contribution in [-0.4, -0.2) is 44.5 Å². The zero-order valence-electron chi connectivity index (χ0n) is 21.3. The molecule has 1 fully saturated rings. The van der Waals surface area contributed by atoms with Gasteiger partial charge < -0.3 is 10.2 Å². The quantitative estimate of drug-likeness (QED) is 0.491. The first-order valence-corrected chi connectivity index (χ1v) is 14.2. The number of nitrogens with one attached hydrogen (secondary N) is 1. The highest BCUT2D eigenvalue weighted by Crippen LogP contribution is 2.30. The number of hydrogen-bond acceptors (Lipinski definition) is 4. The number of likely N-dealkylation sites (tertiary alicyclic amines) is 1. The number of rotatable bonds is 6. The Morgan fingerprint density at radius 1 is 0.946 bits per heavy atom. The Morgan fingerprint density at radius 2 is 1.62 bits per heavy atom. The number of piperidine rings is 1. The van der Waals surface area contributed by atoms with Crippen molar-refractivity contribution in [3.63, 3.8) is 0 Å². The van der Waals surface area contributed by atoms with E-state index in [0.29, 0.717) is 19.5 Å². The monoisotopic (exact) mass is 522 g/mol. The molecular formula is C29H31FN2O4S. The van der Waals surface area contributed by atoms with E-state index in [9.17, 15) is 22.4 Å². The molecule has 0 aromatic heterocycles. The molecule has 1 heterocycles. The molecule has 0 radical (unpaired) electrons. The van der Waals surface area contributed by atoms with Gasteiger partial charge in [-0.1, -0.05) is 30.3 Å². The van der Waals surface area contributed by atoms with Gasteiger partial charge in [-0.2, -0.15) is 0 Å². The van der Waals surface area contributed by atoms with E-state index in [1.165, 1.54) is 17.2 Å². The van der Waals surface area contributed by atoms with Crippen LogP contribution >= 0.6 is 0 Å². The van der Waals surface area contributed by atoms with Crippen LogP contribution < -0.4 is 5.32 Å². The van der Waals surface area contributed by atoms with Crippen LogP contribution in [0.2, 0.25) is 0 Å². The van der Waals surface area contributed by atoms with Crippen molar-refractivity contribution >= 4 is 27.3 Å². The number of carbonyl (C=O) groups excluding carboxylic acids is 2. The number of anilines is 1. The third-order valence-corrected chi connectivity index (χ3v) is 8.09. The van der Waals surface area contributed by atoms with Crippen LogP contribution in [0.15, 0.2) is 65.6 Å². The second kappa shape index (κ2) is 10.8. The summed E-state index contributed by atoms with van der Waals surface area (Å²) in [6.45, 7) is 5.12. The average molecular weight is 523 g/mol. The number of carbonyl (C=O) groups is 2. The van der Waals surface area contributed by atoms with E-state index >= 15 is 0 Å². The van der Waals surface area contributed by atoms with E-state index in [0.717, 1.165) is 48.0 Å². The van der Waals surface area contributed by atoms with E-state index in [1.807, 2.05) is 56.3 Å². The lowest BCUT2D eigenvalue weighted by Gasteiger charge is -2.32. The SMILES string of the molecule is Cc1ccc(CC(=O)Nc2ccc(C3CCN(C(=O)c4ccc(S(C)(=O)=O)c(F)c4)CC3)cc2)cc1C. The van der Waals surface area contributed by atoms with Crippen molar-refractivity contribution in [1.82, 2.24) is 4.90 Å². The number of amides is 2. The maximum absolute atomic E-state index is 14.2. The van der Waals surface area contributed by atoms with Crippen molar-refractivity contribution in [2.24, 2.45) is 0 Å². The lowest BCUT2D eigenvalue weighted by molar-refractivity contribution is -0.115. The molecule has 194 valence electrons.